The van der Waals surface area contributed by atoms with Crippen molar-refractivity contribution in [2.75, 3.05) is 14.1 Å². The Morgan fingerprint density at radius 3 is 2.44 bits per heavy atom. The van der Waals surface area contributed by atoms with Crippen molar-refractivity contribution in [2.45, 2.75) is 26.2 Å². The number of hydrogen-bond donors (Lipinski definition) is 0. The van der Waals surface area contributed by atoms with E-state index in [2.05, 4.69) is 37.2 Å². The Hall–Kier alpha value is -1.11. The standard InChI is InChI=1S/C11H16N4Se/c1-11(2,3)10-6-8(9(7-12)16-10)13-14-15(4)5/h6H,1-5H3/b14-13+. The van der Waals surface area contributed by atoms with E-state index in [1.54, 1.807) is 5.01 Å². The summed E-state index contributed by atoms with van der Waals surface area (Å²) < 4.78 is 2.06. The summed E-state index contributed by atoms with van der Waals surface area (Å²) in [5.74, 6) is 0. The van der Waals surface area contributed by atoms with Gasteiger partial charge in [-0.15, -0.1) is 0 Å². The zero-order chi connectivity index (χ0) is 12.3. The van der Waals surface area contributed by atoms with Crippen molar-refractivity contribution in [3.8, 4) is 6.07 Å². The Morgan fingerprint density at radius 1 is 1.38 bits per heavy atom. The van der Waals surface area contributed by atoms with Crippen molar-refractivity contribution in [1.29, 1.82) is 5.26 Å². The third-order valence-electron chi connectivity index (χ3n) is 1.88. The van der Waals surface area contributed by atoms with Crippen LogP contribution in [0.25, 0.3) is 0 Å². The summed E-state index contributed by atoms with van der Waals surface area (Å²) in [4.78, 5) is 0. The predicted molar refractivity (Wildman–Crippen MR) is 65.0 cm³/mol. The molecule has 0 unspecified atom stereocenters. The van der Waals surface area contributed by atoms with E-state index in [0.29, 0.717) is 0 Å². The molecule has 0 radical (unpaired) electrons. The molecule has 1 heterocycles. The predicted octanol–water partition coefficient (Wildman–Crippen LogP) is 2.47. The third-order valence-corrected chi connectivity index (χ3v) is 4.94. The molecule has 0 spiro atoms. The molecule has 5 heteroatoms. The monoisotopic (exact) mass is 284 g/mol. The molecule has 0 aliphatic heterocycles. The van der Waals surface area contributed by atoms with Gasteiger partial charge in [0.05, 0.1) is 0 Å². The van der Waals surface area contributed by atoms with E-state index in [-0.39, 0.29) is 19.9 Å². The first-order chi connectivity index (χ1) is 7.34. The normalized spacial score (nSPS) is 11.8. The van der Waals surface area contributed by atoms with Gasteiger partial charge in [0, 0.05) is 0 Å². The molecule has 1 aromatic rings. The van der Waals surface area contributed by atoms with Gasteiger partial charge in [0.25, 0.3) is 0 Å². The summed E-state index contributed by atoms with van der Waals surface area (Å²) in [7, 11) is 3.62. The molecule has 0 atom stereocenters. The summed E-state index contributed by atoms with van der Waals surface area (Å²) in [5.41, 5.74) is 0.832. The molecule has 0 saturated carbocycles. The van der Waals surface area contributed by atoms with E-state index < -0.39 is 0 Å². The molecule has 0 amide bonds. The first-order valence-corrected chi connectivity index (χ1v) is 6.69. The second-order valence-electron chi connectivity index (χ2n) is 4.72. The first kappa shape index (κ1) is 13.0. The van der Waals surface area contributed by atoms with E-state index >= 15 is 0 Å². The molecule has 1 rings (SSSR count). The van der Waals surface area contributed by atoms with Gasteiger partial charge in [-0.05, 0) is 0 Å². The second-order valence-corrected chi connectivity index (χ2v) is 6.93. The summed E-state index contributed by atoms with van der Waals surface area (Å²) in [5, 5.41) is 18.7. The quantitative estimate of drug-likeness (QED) is 0.475. The van der Waals surface area contributed by atoms with Gasteiger partial charge in [-0.1, -0.05) is 0 Å². The van der Waals surface area contributed by atoms with E-state index in [1.165, 1.54) is 4.44 Å². The molecule has 0 N–H and O–H groups in total. The second kappa shape index (κ2) is 4.82. The van der Waals surface area contributed by atoms with Crippen LogP contribution in [0.5, 0.6) is 0 Å². The van der Waals surface area contributed by atoms with Crippen molar-refractivity contribution < 1.29 is 0 Å². The summed E-state index contributed by atoms with van der Waals surface area (Å²) in [6.07, 6.45) is 0. The maximum absolute atomic E-state index is 9.04. The number of hydrogen-bond acceptors (Lipinski definition) is 3. The van der Waals surface area contributed by atoms with Crippen molar-refractivity contribution in [2.24, 2.45) is 10.3 Å². The van der Waals surface area contributed by atoms with Crippen molar-refractivity contribution in [3.05, 3.63) is 14.9 Å². The first-order valence-electron chi connectivity index (χ1n) is 4.98. The van der Waals surface area contributed by atoms with E-state index in [4.69, 9.17) is 5.26 Å². The molecule has 86 valence electrons. The van der Waals surface area contributed by atoms with Gasteiger partial charge in [-0.25, -0.2) is 0 Å². The minimum absolute atomic E-state index is 0.105. The Bertz CT molecular complexity index is 432. The third kappa shape index (κ3) is 3.19. The van der Waals surface area contributed by atoms with Gasteiger partial charge in [-0.3, -0.25) is 0 Å². The molecule has 0 fully saturated rings. The van der Waals surface area contributed by atoms with Gasteiger partial charge in [-0.2, -0.15) is 0 Å². The van der Waals surface area contributed by atoms with Gasteiger partial charge in [0.1, 0.15) is 0 Å². The van der Waals surface area contributed by atoms with Crippen molar-refractivity contribution in [3.63, 3.8) is 0 Å². The molecule has 1 aromatic heterocycles. The fourth-order valence-electron chi connectivity index (χ4n) is 1.04. The fourth-order valence-corrected chi connectivity index (χ4v) is 3.03. The Morgan fingerprint density at radius 2 is 2.00 bits per heavy atom. The molecule has 16 heavy (non-hydrogen) atoms. The summed E-state index contributed by atoms with van der Waals surface area (Å²) in [6, 6.07) is 4.23. The summed E-state index contributed by atoms with van der Waals surface area (Å²) in [6.45, 7) is 6.46. The van der Waals surface area contributed by atoms with Crippen LogP contribution in [0.3, 0.4) is 0 Å². The molecular weight excluding hydrogens is 267 g/mol. The molecule has 0 saturated heterocycles. The SMILES string of the molecule is CN(C)/N=N/c1cc(C(C)(C)C)[se]c1C#N. The van der Waals surface area contributed by atoms with Crippen molar-refractivity contribution in [1.82, 2.24) is 5.01 Å². The van der Waals surface area contributed by atoms with Crippen LogP contribution in [0.1, 0.15) is 29.6 Å². The van der Waals surface area contributed by atoms with E-state index in [1.807, 2.05) is 20.2 Å². The van der Waals surface area contributed by atoms with Crippen LogP contribution in [-0.4, -0.2) is 33.6 Å². The zero-order valence-corrected chi connectivity index (χ0v) is 12.0. The van der Waals surface area contributed by atoms with Crippen LogP contribution in [0.2, 0.25) is 0 Å². The molecule has 0 aromatic carbocycles. The number of rotatable bonds is 2. The number of nitrogens with zero attached hydrogens (tertiary/aromatic N) is 4. The van der Waals surface area contributed by atoms with E-state index in [0.717, 1.165) is 10.1 Å². The van der Waals surface area contributed by atoms with Gasteiger partial charge in [0.2, 0.25) is 0 Å². The van der Waals surface area contributed by atoms with Crippen LogP contribution >= 0.6 is 0 Å². The van der Waals surface area contributed by atoms with Crippen LogP contribution in [0.15, 0.2) is 16.4 Å². The van der Waals surface area contributed by atoms with Gasteiger partial charge < -0.3 is 0 Å². The van der Waals surface area contributed by atoms with Crippen LogP contribution in [0, 0.1) is 11.3 Å². The van der Waals surface area contributed by atoms with Crippen LogP contribution in [0.4, 0.5) is 5.69 Å². The van der Waals surface area contributed by atoms with Crippen LogP contribution < -0.4 is 0 Å². The number of nitriles is 1. The van der Waals surface area contributed by atoms with Gasteiger partial charge in [0.15, 0.2) is 0 Å². The minimum atomic E-state index is 0.105. The molecule has 0 aliphatic rings. The Balaban J connectivity index is 3.11. The average molecular weight is 283 g/mol. The fraction of sp³-hybridized carbons (Fsp3) is 0.545. The maximum atomic E-state index is 9.04. The Labute approximate surface area is 102 Å². The molecular formula is C11H16N4Se. The molecule has 0 aliphatic carbocycles. The van der Waals surface area contributed by atoms with E-state index in [9.17, 15) is 0 Å². The van der Waals surface area contributed by atoms with Crippen molar-refractivity contribution >= 4 is 20.2 Å². The summed E-state index contributed by atoms with van der Waals surface area (Å²) >= 11 is 0.105. The topological polar surface area (TPSA) is 51.8 Å². The Kier molecular flexibility index (Phi) is 3.90. The van der Waals surface area contributed by atoms with Gasteiger partial charge >= 0.3 is 102 Å². The van der Waals surface area contributed by atoms with Crippen LogP contribution in [-0.2, 0) is 5.41 Å². The molecule has 4 nitrogen and oxygen atoms in total. The molecule has 0 bridgehead atoms. The zero-order valence-electron chi connectivity index (χ0n) is 10.3. The average Bonchev–Trinajstić information content (AvgIpc) is 2.56.